The first-order valence-electron chi connectivity index (χ1n) is 6.33. The lowest BCUT2D eigenvalue weighted by Gasteiger charge is -2.35. The Morgan fingerprint density at radius 3 is 2.24 bits per heavy atom. The van der Waals surface area contributed by atoms with E-state index in [1.54, 1.807) is 6.08 Å². The highest BCUT2D eigenvalue weighted by Crippen LogP contribution is 2.31. The molecule has 1 aliphatic heterocycles. The van der Waals surface area contributed by atoms with E-state index in [1.165, 1.54) is 12.1 Å². The molecule has 0 bridgehead atoms. The van der Waals surface area contributed by atoms with Gasteiger partial charge in [-0.25, -0.2) is 8.78 Å². The molecule has 2 nitrogen and oxygen atoms in total. The molecule has 1 N–H and O–H groups in total. The molecule has 1 saturated heterocycles. The third kappa shape index (κ3) is 5.18. The van der Waals surface area contributed by atoms with Crippen LogP contribution in [0.15, 0.2) is 29.3 Å². The molecule has 7 heteroatoms. The average molecular weight is 404 g/mol. The fourth-order valence-corrected chi connectivity index (χ4v) is 2.87. The summed E-state index contributed by atoms with van der Waals surface area (Å²) in [5.74, 6) is -1.01. The molecule has 21 heavy (non-hydrogen) atoms. The Balaban J connectivity index is 0.00000200. The summed E-state index contributed by atoms with van der Waals surface area (Å²) in [4.78, 5) is 2.10. The first-order chi connectivity index (χ1) is 9.13. The lowest BCUT2D eigenvalue weighted by Crippen LogP contribution is -2.45. The van der Waals surface area contributed by atoms with E-state index in [0.717, 1.165) is 26.2 Å². The lowest BCUT2D eigenvalue weighted by molar-refractivity contribution is 0.168. The highest BCUT2D eigenvalue weighted by molar-refractivity contribution is 9.10. The summed E-state index contributed by atoms with van der Waals surface area (Å²) < 4.78 is 28.6. The van der Waals surface area contributed by atoms with Crippen LogP contribution < -0.4 is 5.32 Å². The smallest absolute Gasteiger partial charge is 0.132 e. The standard InChI is InChI=1S/C14H17BrF2N2.2ClH/c1-2-3-13(19-6-4-18-5-7-19)14-11(16)8-10(15)9-12(14)17;;/h2,8-9,13,18H,1,3-7H2;2*1H/t13-;;/m0../s1. The van der Waals surface area contributed by atoms with Crippen LogP contribution in [0.1, 0.15) is 18.0 Å². The first-order valence-corrected chi connectivity index (χ1v) is 7.13. The van der Waals surface area contributed by atoms with Gasteiger partial charge in [0.2, 0.25) is 0 Å². The van der Waals surface area contributed by atoms with Crippen molar-refractivity contribution < 1.29 is 8.78 Å². The number of piperazine rings is 1. The van der Waals surface area contributed by atoms with Crippen LogP contribution in [-0.2, 0) is 0 Å². The molecular formula is C14H19BrCl2F2N2. The molecular weight excluding hydrogens is 385 g/mol. The molecule has 1 aromatic rings. The van der Waals surface area contributed by atoms with Crippen LogP contribution >= 0.6 is 40.7 Å². The molecule has 1 aliphatic rings. The van der Waals surface area contributed by atoms with E-state index in [2.05, 4.69) is 32.7 Å². The number of nitrogens with zero attached hydrogens (tertiary/aromatic N) is 1. The Morgan fingerprint density at radius 1 is 1.24 bits per heavy atom. The van der Waals surface area contributed by atoms with E-state index in [0.29, 0.717) is 10.9 Å². The fourth-order valence-electron chi connectivity index (χ4n) is 2.47. The highest BCUT2D eigenvalue weighted by Gasteiger charge is 2.26. The van der Waals surface area contributed by atoms with Crippen molar-refractivity contribution in [3.05, 3.63) is 46.5 Å². The number of benzene rings is 1. The zero-order chi connectivity index (χ0) is 13.8. The van der Waals surface area contributed by atoms with Gasteiger partial charge in [0.05, 0.1) is 0 Å². The summed E-state index contributed by atoms with van der Waals surface area (Å²) in [6.45, 7) is 6.95. The minimum absolute atomic E-state index is 0. The zero-order valence-electron chi connectivity index (χ0n) is 11.4. The molecule has 1 fully saturated rings. The van der Waals surface area contributed by atoms with E-state index in [9.17, 15) is 8.78 Å². The van der Waals surface area contributed by atoms with Gasteiger partial charge in [0.1, 0.15) is 11.6 Å². The molecule has 0 saturated carbocycles. The topological polar surface area (TPSA) is 15.3 Å². The normalized spacial score (nSPS) is 16.5. The van der Waals surface area contributed by atoms with Crippen LogP contribution in [0.3, 0.4) is 0 Å². The van der Waals surface area contributed by atoms with E-state index in [1.807, 2.05) is 0 Å². The Morgan fingerprint density at radius 2 is 1.76 bits per heavy atom. The SMILES string of the molecule is C=CC[C@@H](c1c(F)cc(Br)cc1F)N1CCNCC1.Cl.Cl. The maximum Gasteiger partial charge on any atom is 0.132 e. The third-order valence-electron chi connectivity index (χ3n) is 3.36. The minimum Gasteiger partial charge on any atom is -0.314 e. The number of rotatable bonds is 4. The van der Waals surface area contributed by atoms with Gasteiger partial charge in [-0.05, 0) is 18.6 Å². The van der Waals surface area contributed by atoms with E-state index in [-0.39, 0.29) is 36.4 Å². The zero-order valence-corrected chi connectivity index (χ0v) is 14.7. The van der Waals surface area contributed by atoms with Crippen molar-refractivity contribution in [3.63, 3.8) is 0 Å². The Labute approximate surface area is 144 Å². The fraction of sp³-hybridized carbons (Fsp3) is 0.429. The van der Waals surface area contributed by atoms with Crippen molar-refractivity contribution in [1.82, 2.24) is 10.2 Å². The Bertz CT molecular complexity index is 445. The Hall–Kier alpha value is -0.200. The van der Waals surface area contributed by atoms with Crippen LogP contribution in [0.2, 0.25) is 0 Å². The van der Waals surface area contributed by atoms with Gasteiger partial charge in [-0.15, -0.1) is 31.4 Å². The van der Waals surface area contributed by atoms with Gasteiger partial charge in [-0.3, -0.25) is 4.90 Å². The maximum absolute atomic E-state index is 14.1. The number of hydrogen-bond donors (Lipinski definition) is 1. The summed E-state index contributed by atoms with van der Waals surface area (Å²) in [5, 5.41) is 3.24. The summed E-state index contributed by atoms with van der Waals surface area (Å²) in [6.07, 6.45) is 2.25. The van der Waals surface area contributed by atoms with Crippen molar-refractivity contribution in [3.8, 4) is 0 Å². The second-order valence-corrected chi connectivity index (χ2v) is 5.52. The van der Waals surface area contributed by atoms with Crippen molar-refractivity contribution >= 4 is 40.7 Å². The first kappa shape index (κ1) is 20.8. The van der Waals surface area contributed by atoms with E-state index >= 15 is 0 Å². The van der Waals surface area contributed by atoms with Crippen LogP contribution in [0.25, 0.3) is 0 Å². The summed E-state index contributed by atoms with van der Waals surface area (Å²) >= 11 is 3.11. The summed E-state index contributed by atoms with van der Waals surface area (Å²) in [5.41, 5.74) is 0.144. The quantitative estimate of drug-likeness (QED) is 0.761. The van der Waals surface area contributed by atoms with Crippen LogP contribution in [0, 0.1) is 11.6 Å². The average Bonchev–Trinajstić information content (AvgIpc) is 2.37. The van der Waals surface area contributed by atoms with Gasteiger partial charge in [0.15, 0.2) is 0 Å². The second kappa shape index (κ2) is 9.74. The molecule has 0 unspecified atom stereocenters. The molecule has 2 rings (SSSR count). The van der Waals surface area contributed by atoms with Gasteiger partial charge in [-0.1, -0.05) is 22.0 Å². The highest BCUT2D eigenvalue weighted by atomic mass is 79.9. The van der Waals surface area contributed by atoms with Gasteiger partial charge in [0, 0.05) is 42.3 Å². The second-order valence-electron chi connectivity index (χ2n) is 4.61. The van der Waals surface area contributed by atoms with E-state index in [4.69, 9.17) is 0 Å². The number of hydrogen-bond acceptors (Lipinski definition) is 2. The largest absolute Gasteiger partial charge is 0.314 e. The molecule has 120 valence electrons. The van der Waals surface area contributed by atoms with Gasteiger partial charge >= 0.3 is 0 Å². The molecule has 0 spiro atoms. The molecule has 0 aromatic heterocycles. The minimum atomic E-state index is -0.503. The molecule has 1 heterocycles. The number of halogens is 5. The van der Waals surface area contributed by atoms with Crippen molar-refractivity contribution in [1.29, 1.82) is 0 Å². The monoisotopic (exact) mass is 402 g/mol. The predicted octanol–water partition coefficient (Wildman–Crippen LogP) is 4.09. The number of nitrogens with one attached hydrogen (secondary N) is 1. The summed E-state index contributed by atoms with van der Waals surface area (Å²) in [7, 11) is 0. The molecule has 1 atom stereocenters. The van der Waals surface area contributed by atoms with Crippen LogP contribution in [-0.4, -0.2) is 31.1 Å². The lowest BCUT2D eigenvalue weighted by atomic mass is 10.00. The van der Waals surface area contributed by atoms with Crippen LogP contribution in [0.5, 0.6) is 0 Å². The third-order valence-corrected chi connectivity index (χ3v) is 3.82. The van der Waals surface area contributed by atoms with Gasteiger partial charge < -0.3 is 5.32 Å². The van der Waals surface area contributed by atoms with Crippen LogP contribution in [0.4, 0.5) is 8.78 Å². The van der Waals surface area contributed by atoms with Crippen molar-refractivity contribution in [2.45, 2.75) is 12.5 Å². The molecule has 0 amide bonds. The van der Waals surface area contributed by atoms with Gasteiger partial charge in [0.25, 0.3) is 0 Å². The van der Waals surface area contributed by atoms with E-state index < -0.39 is 11.6 Å². The van der Waals surface area contributed by atoms with Gasteiger partial charge in [-0.2, -0.15) is 0 Å². The predicted molar refractivity (Wildman–Crippen MR) is 90.6 cm³/mol. The Kier molecular flexibility index (Phi) is 9.65. The maximum atomic E-state index is 14.1. The summed E-state index contributed by atoms with van der Waals surface area (Å²) in [6, 6.07) is 2.35. The molecule has 1 aromatic carbocycles. The molecule has 0 radical (unpaired) electrons. The van der Waals surface area contributed by atoms with Crippen molar-refractivity contribution in [2.24, 2.45) is 0 Å². The van der Waals surface area contributed by atoms with Crippen molar-refractivity contribution in [2.75, 3.05) is 26.2 Å². The molecule has 0 aliphatic carbocycles.